The predicted octanol–water partition coefficient (Wildman–Crippen LogP) is 2.20. The molecule has 0 aromatic heterocycles. The Morgan fingerprint density at radius 1 is 1.17 bits per heavy atom. The first-order chi connectivity index (χ1) is 14.0. The van der Waals surface area contributed by atoms with Crippen molar-refractivity contribution >= 4 is 5.91 Å². The Balaban J connectivity index is 1.60. The molecule has 4 rings (SSSR count). The second-order valence-corrected chi connectivity index (χ2v) is 7.41. The van der Waals surface area contributed by atoms with Crippen LogP contribution in [-0.4, -0.2) is 32.7 Å². The topological polar surface area (TPSA) is 74.4 Å². The van der Waals surface area contributed by atoms with Crippen molar-refractivity contribution < 1.29 is 18.3 Å². The fraction of sp³-hybridized carbons (Fsp3) is 0.381. The first-order valence-electron chi connectivity index (χ1n) is 9.61. The summed E-state index contributed by atoms with van der Waals surface area (Å²) >= 11 is 0. The molecular weight excluding hydrogens is 378 g/mol. The lowest BCUT2D eigenvalue weighted by Crippen LogP contribution is -2.46. The number of hydrazine groups is 1. The van der Waals surface area contributed by atoms with Crippen LogP contribution >= 0.6 is 0 Å². The standard InChI is InChI=1S/C21H24F2N4O2/c1-24-21(28)12-7-6-11(8-15(12)23)20-13-9-16(25-10-17(13)26-27-20)19-14(22)4-3-5-18(19)29-2/h3-8,13,16-17,20,25-27H,9-10H2,1-2H3,(H,24,28). The van der Waals surface area contributed by atoms with Crippen molar-refractivity contribution in [1.29, 1.82) is 0 Å². The van der Waals surface area contributed by atoms with Gasteiger partial charge in [0.05, 0.1) is 18.7 Å². The minimum absolute atomic E-state index is 0.0121. The Bertz CT molecular complexity index is 924. The largest absolute Gasteiger partial charge is 0.496 e. The molecule has 2 fully saturated rings. The van der Waals surface area contributed by atoms with E-state index in [0.29, 0.717) is 24.3 Å². The lowest BCUT2D eigenvalue weighted by atomic mass is 9.80. The van der Waals surface area contributed by atoms with E-state index in [9.17, 15) is 13.6 Å². The monoisotopic (exact) mass is 402 g/mol. The molecule has 0 radical (unpaired) electrons. The minimum atomic E-state index is -0.562. The molecule has 2 heterocycles. The molecule has 2 aromatic carbocycles. The van der Waals surface area contributed by atoms with Gasteiger partial charge in [0, 0.05) is 31.2 Å². The van der Waals surface area contributed by atoms with Gasteiger partial charge in [-0.15, -0.1) is 0 Å². The molecule has 2 aliphatic heterocycles. The van der Waals surface area contributed by atoms with Crippen molar-refractivity contribution in [3.63, 3.8) is 0 Å². The maximum absolute atomic E-state index is 14.6. The molecule has 2 saturated heterocycles. The van der Waals surface area contributed by atoms with E-state index in [0.717, 1.165) is 5.56 Å². The maximum atomic E-state index is 14.6. The van der Waals surface area contributed by atoms with E-state index >= 15 is 0 Å². The summed E-state index contributed by atoms with van der Waals surface area (Å²) in [6.45, 7) is 0.634. The first kappa shape index (κ1) is 19.8. The van der Waals surface area contributed by atoms with Crippen LogP contribution < -0.4 is 26.2 Å². The third-order valence-electron chi connectivity index (χ3n) is 5.87. The van der Waals surface area contributed by atoms with Gasteiger partial charge < -0.3 is 15.4 Å². The molecule has 4 N–H and O–H groups in total. The molecule has 4 atom stereocenters. The van der Waals surface area contributed by atoms with Gasteiger partial charge >= 0.3 is 0 Å². The van der Waals surface area contributed by atoms with Crippen LogP contribution in [0, 0.1) is 17.6 Å². The fourth-order valence-corrected chi connectivity index (χ4v) is 4.40. The summed E-state index contributed by atoms with van der Waals surface area (Å²) in [5.41, 5.74) is 7.76. The summed E-state index contributed by atoms with van der Waals surface area (Å²) in [5, 5.41) is 5.82. The molecule has 154 valence electrons. The highest BCUT2D eigenvalue weighted by Gasteiger charge is 2.42. The normalized spacial score (nSPS) is 26.1. The van der Waals surface area contributed by atoms with Crippen molar-refractivity contribution in [3.8, 4) is 5.75 Å². The van der Waals surface area contributed by atoms with Crippen LogP contribution in [0.4, 0.5) is 8.78 Å². The van der Waals surface area contributed by atoms with Crippen LogP contribution in [0.1, 0.15) is 40.0 Å². The number of methoxy groups -OCH3 is 1. The maximum Gasteiger partial charge on any atom is 0.253 e. The Hall–Kier alpha value is -2.55. The van der Waals surface area contributed by atoms with Gasteiger partial charge in [0.2, 0.25) is 0 Å². The minimum Gasteiger partial charge on any atom is -0.496 e. The molecule has 4 unspecified atom stereocenters. The van der Waals surface area contributed by atoms with Gasteiger partial charge in [-0.3, -0.25) is 10.2 Å². The van der Waals surface area contributed by atoms with E-state index in [1.165, 1.54) is 32.4 Å². The molecule has 6 nitrogen and oxygen atoms in total. The lowest BCUT2D eigenvalue weighted by Gasteiger charge is -2.35. The number of carbonyl (C=O) groups is 1. The first-order valence-corrected chi connectivity index (χ1v) is 9.61. The van der Waals surface area contributed by atoms with Crippen molar-refractivity contribution in [2.24, 2.45) is 5.92 Å². The van der Waals surface area contributed by atoms with E-state index in [-0.39, 0.29) is 35.4 Å². The quantitative estimate of drug-likeness (QED) is 0.631. The van der Waals surface area contributed by atoms with Gasteiger partial charge in [0.25, 0.3) is 5.91 Å². The third-order valence-corrected chi connectivity index (χ3v) is 5.87. The number of hydrogen-bond donors (Lipinski definition) is 4. The van der Waals surface area contributed by atoms with Gasteiger partial charge in [0.1, 0.15) is 17.4 Å². The van der Waals surface area contributed by atoms with Gasteiger partial charge in [-0.1, -0.05) is 12.1 Å². The zero-order valence-electron chi connectivity index (χ0n) is 16.3. The predicted molar refractivity (Wildman–Crippen MR) is 104 cm³/mol. The number of ether oxygens (including phenoxy) is 1. The number of rotatable bonds is 4. The number of hydrogen-bond acceptors (Lipinski definition) is 5. The molecule has 0 aliphatic carbocycles. The smallest absolute Gasteiger partial charge is 0.253 e. The highest BCUT2D eigenvalue weighted by molar-refractivity contribution is 5.94. The molecular formula is C21H24F2N4O2. The number of fused-ring (bicyclic) bond motifs is 1. The number of benzene rings is 2. The van der Waals surface area contributed by atoms with Crippen molar-refractivity contribution in [3.05, 3.63) is 64.7 Å². The Kier molecular flexibility index (Phi) is 5.49. The van der Waals surface area contributed by atoms with Crippen LogP contribution in [-0.2, 0) is 0 Å². The molecule has 2 aliphatic rings. The van der Waals surface area contributed by atoms with E-state index in [1.54, 1.807) is 18.2 Å². The third kappa shape index (κ3) is 3.59. The SMILES string of the molecule is CNC(=O)c1ccc(C2NNC3CNC(c4c(F)cccc4OC)CC32)cc1F. The van der Waals surface area contributed by atoms with E-state index in [2.05, 4.69) is 21.5 Å². The summed E-state index contributed by atoms with van der Waals surface area (Å²) < 4.78 is 34.4. The van der Waals surface area contributed by atoms with E-state index in [1.807, 2.05) is 0 Å². The van der Waals surface area contributed by atoms with Crippen LogP contribution in [0.2, 0.25) is 0 Å². The van der Waals surface area contributed by atoms with Crippen LogP contribution in [0.3, 0.4) is 0 Å². The second-order valence-electron chi connectivity index (χ2n) is 7.41. The van der Waals surface area contributed by atoms with Gasteiger partial charge in [0.15, 0.2) is 0 Å². The van der Waals surface area contributed by atoms with Crippen molar-refractivity contribution in [2.75, 3.05) is 20.7 Å². The Morgan fingerprint density at radius 2 is 2.00 bits per heavy atom. The van der Waals surface area contributed by atoms with E-state index in [4.69, 9.17) is 4.74 Å². The molecule has 29 heavy (non-hydrogen) atoms. The zero-order valence-corrected chi connectivity index (χ0v) is 16.3. The number of piperidine rings is 1. The zero-order chi connectivity index (χ0) is 20.5. The highest BCUT2D eigenvalue weighted by Crippen LogP contribution is 2.41. The molecule has 0 bridgehead atoms. The van der Waals surface area contributed by atoms with Crippen molar-refractivity contribution in [1.82, 2.24) is 21.5 Å². The molecule has 2 aromatic rings. The average Bonchev–Trinajstić information content (AvgIpc) is 3.16. The Labute approximate surface area is 168 Å². The highest BCUT2D eigenvalue weighted by atomic mass is 19.1. The lowest BCUT2D eigenvalue weighted by molar-refractivity contribution is 0.0959. The Morgan fingerprint density at radius 3 is 2.72 bits per heavy atom. The summed E-state index contributed by atoms with van der Waals surface area (Å²) in [7, 11) is 3.00. The van der Waals surface area contributed by atoms with Crippen LogP contribution in [0.25, 0.3) is 0 Å². The summed E-state index contributed by atoms with van der Waals surface area (Å²) in [6, 6.07) is 9.21. The summed E-state index contributed by atoms with van der Waals surface area (Å²) in [6.07, 6.45) is 0.644. The van der Waals surface area contributed by atoms with Gasteiger partial charge in [-0.05, 0) is 42.2 Å². The molecule has 0 spiro atoms. The fourth-order valence-electron chi connectivity index (χ4n) is 4.40. The summed E-state index contributed by atoms with van der Waals surface area (Å²) in [5.74, 6) is -0.712. The van der Waals surface area contributed by atoms with E-state index < -0.39 is 11.7 Å². The van der Waals surface area contributed by atoms with Crippen LogP contribution in [0.15, 0.2) is 36.4 Å². The molecule has 0 saturated carbocycles. The molecule has 8 heteroatoms. The number of carbonyl (C=O) groups excluding carboxylic acids is 1. The van der Waals surface area contributed by atoms with Crippen LogP contribution in [0.5, 0.6) is 5.75 Å². The van der Waals surface area contributed by atoms with Gasteiger partial charge in [-0.25, -0.2) is 14.2 Å². The number of nitrogens with one attached hydrogen (secondary N) is 4. The number of amides is 1. The molecule has 1 amide bonds. The van der Waals surface area contributed by atoms with Crippen molar-refractivity contribution in [2.45, 2.75) is 24.5 Å². The summed E-state index contributed by atoms with van der Waals surface area (Å²) in [4.78, 5) is 11.8. The second kappa shape index (κ2) is 8.06. The van der Waals surface area contributed by atoms with Gasteiger partial charge in [-0.2, -0.15) is 0 Å². The average molecular weight is 402 g/mol. The number of halogens is 2.